The molecule has 8 heavy (non-hydrogen) atoms. The third-order valence-corrected chi connectivity index (χ3v) is 1.35. The van der Waals surface area contributed by atoms with Gasteiger partial charge < -0.3 is 5.11 Å². The van der Waals surface area contributed by atoms with E-state index in [0.29, 0.717) is 5.92 Å². The maximum atomic E-state index is 9.95. The number of rotatable bonds is 2. The molecule has 1 aliphatic carbocycles. The minimum absolute atomic E-state index is 0.277. The second-order valence-corrected chi connectivity index (χ2v) is 2.16. The van der Waals surface area contributed by atoms with Crippen LogP contribution in [0.15, 0.2) is 12.2 Å². The predicted molar refractivity (Wildman–Crippen MR) is 29.5 cm³/mol. The van der Waals surface area contributed by atoms with Gasteiger partial charge in [0, 0.05) is 0 Å². The average Bonchev–Trinajstić information content (AvgIpc) is 2.17. The molecule has 0 unspecified atom stereocenters. The van der Waals surface area contributed by atoms with E-state index in [2.05, 4.69) is 6.58 Å². The van der Waals surface area contributed by atoms with Gasteiger partial charge in [-0.15, -0.1) is 0 Å². The Morgan fingerprint density at radius 3 is 2.62 bits per heavy atom. The highest BCUT2D eigenvalue weighted by molar-refractivity contribution is 5.68. The number of carboxylic acid groups (broad SMARTS) is 1. The quantitative estimate of drug-likeness (QED) is 0.542. The lowest BCUT2D eigenvalue weighted by Crippen LogP contribution is -1.94. The molecule has 0 saturated heterocycles. The van der Waals surface area contributed by atoms with Crippen molar-refractivity contribution in [2.75, 3.05) is 0 Å². The van der Waals surface area contributed by atoms with Crippen LogP contribution in [0.2, 0.25) is 0 Å². The minimum Gasteiger partial charge on any atom is -0.481 e. The Morgan fingerprint density at radius 2 is 2.50 bits per heavy atom. The van der Waals surface area contributed by atoms with E-state index in [1.54, 1.807) is 0 Å². The van der Waals surface area contributed by atoms with Crippen LogP contribution in [-0.2, 0) is 4.79 Å². The summed E-state index contributed by atoms with van der Waals surface area (Å²) in [7, 11) is 0. The summed E-state index contributed by atoms with van der Waals surface area (Å²) >= 11 is 0. The maximum Gasteiger partial charge on any atom is 0.303 e. The molecule has 0 bridgehead atoms. The van der Waals surface area contributed by atoms with Gasteiger partial charge in [-0.1, -0.05) is 12.2 Å². The summed E-state index contributed by atoms with van der Waals surface area (Å²) in [6.07, 6.45) is 1.20. The number of aliphatic carboxylic acids is 1. The topological polar surface area (TPSA) is 37.3 Å². The third-order valence-electron chi connectivity index (χ3n) is 1.35. The standard InChI is InChI=1S/C6H8O2/c1-4-2-5(4)3-6(7)8/h5H,1-3H2,(H,7,8)/t5-/m1/s1. The van der Waals surface area contributed by atoms with Crippen molar-refractivity contribution in [1.29, 1.82) is 0 Å². The van der Waals surface area contributed by atoms with Crippen molar-refractivity contribution >= 4 is 5.97 Å². The van der Waals surface area contributed by atoms with E-state index in [1.807, 2.05) is 0 Å². The zero-order valence-corrected chi connectivity index (χ0v) is 4.55. The summed E-state index contributed by atoms with van der Waals surface area (Å²) in [6.45, 7) is 3.64. The molecule has 1 saturated carbocycles. The van der Waals surface area contributed by atoms with Gasteiger partial charge in [-0.25, -0.2) is 0 Å². The van der Waals surface area contributed by atoms with Gasteiger partial charge in [-0.05, 0) is 12.3 Å². The maximum absolute atomic E-state index is 9.95. The predicted octanol–water partition coefficient (Wildman–Crippen LogP) is 1.04. The molecule has 1 N–H and O–H groups in total. The molecule has 0 aromatic rings. The summed E-state index contributed by atoms with van der Waals surface area (Å²) < 4.78 is 0. The highest BCUT2D eigenvalue weighted by atomic mass is 16.4. The molecule has 44 valence electrons. The number of allylic oxidation sites excluding steroid dienone is 1. The summed E-state index contributed by atoms with van der Waals surface area (Å²) in [6, 6.07) is 0. The van der Waals surface area contributed by atoms with E-state index in [0.717, 1.165) is 12.0 Å². The van der Waals surface area contributed by atoms with Crippen LogP contribution in [0.1, 0.15) is 12.8 Å². The molecule has 0 amide bonds. The molecule has 2 heteroatoms. The number of carbonyl (C=O) groups is 1. The van der Waals surface area contributed by atoms with Gasteiger partial charge >= 0.3 is 5.97 Å². The SMILES string of the molecule is C=C1C[C@@H]1CC(=O)O. The Balaban J connectivity index is 2.23. The summed E-state index contributed by atoms with van der Waals surface area (Å²) in [5, 5.41) is 8.20. The molecule has 0 aliphatic heterocycles. The molecule has 2 nitrogen and oxygen atoms in total. The van der Waals surface area contributed by atoms with Crippen molar-refractivity contribution in [3.05, 3.63) is 12.2 Å². The largest absolute Gasteiger partial charge is 0.481 e. The lowest BCUT2D eigenvalue weighted by Gasteiger charge is -1.83. The second kappa shape index (κ2) is 1.62. The molecule has 1 rings (SSSR count). The zero-order chi connectivity index (χ0) is 6.15. The number of hydrogen-bond donors (Lipinski definition) is 1. The zero-order valence-electron chi connectivity index (χ0n) is 4.55. The van der Waals surface area contributed by atoms with Crippen LogP contribution >= 0.6 is 0 Å². The highest BCUT2D eigenvalue weighted by Gasteiger charge is 2.29. The molecule has 0 radical (unpaired) electrons. The van der Waals surface area contributed by atoms with Gasteiger partial charge in [0.2, 0.25) is 0 Å². The minimum atomic E-state index is -0.714. The third kappa shape index (κ3) is 1.09. The fraction of sp³-hybridized carbons (Fsp3) is 0.500. The van der Waals surface area contributed by atoms with Gasteiger partial charge in [0.05, 0.1) is 6.42 Å². The Morgan fingerprint density at radius 1 is 2.00 bits per heavy atom. The Kier molecular flexibility index (Phi) is 1.08. The molecular formula is C6H8O2. The van der Waals surface area contributed by atoms with E-state index in [4.69, 9.17) is 5.11 Å². The second-order valence-electron chi connectivity index (χ2n) is 2.16. The van der Waals surface area contributed by atoms with Crippen LogP contribution in [0.5, 0.6) is 0 Å². The van der Waals surface area contributed by atoms with Crippen molar-refractivity contribution in [3.63, 3.8) is 0 Å². The van der Waals surface area contributed by atoms with Gasteiger partial charge in [0.25, 0.3) is 0 Å². The first-order chi connectivity index (χ1) is 3.70. The van der Waals surface area contributed by atoms with Gasteiger partial charge in [-0.2, -0.15) is 0 Å². The Hall–Kier alpha value is -0.790. The molecule has 0 heterocycles. The van der Waals surface area contributed by atoms with Crippen molar-refractivity contribution in [1.82, 2.24) is 0 Å². The van der Waals surface area contributed by atoms with Crippen LogP contribution in [0.3, 0.4) is 0 Å². The fourth-order valence-corrected chi connectivity index (χ4v) is 0.685. The average molecular weight is 112 g/mol. The van der Waals surface area contributed by atoms with Gasteiger partial charge in [0.15, 0.2) is 0 Å². The first kappa shape index (κ1) is 5.35. The lowest BCUT2D eigenvalue weighted by atomic mass is 10.3. The highest BCUT2D eigenvalue weighted by Crippen LogP contribution is 2.38. The smallest absolute Gasteiger partial charge is 0.303 e. The lowest BCUT2D eigenvalue weighted by molar-refractivity contribution is -0.137. The first-order valence-corrected chi connectivity index (χ1v) is 2.59. The molecular weight excluding hydrogens is 104 g/mol. The summed E-state index contributed by atoms with van der Waals surface area (Å²) in [5.74, 6) is -0.416. The van der Waals surface area contributed by atoms with Crippen LogP contribution in [0.25, 0.3) is 0 Å². The van der Waals surface area contributed by atoms with Crippen LogP contribution in [0.4, 0.5) is 0 Å². The van der Waals surface area contributed by atoms with E-state index < -0.39 is 5.97 Å². The molecule has 0 aromatic carbocycles. The monoisotopic (exact) mass is 112 g/mol. The molecule has 1 aliphatic rings. The Labute approximate surface area is 47.8 Å². The van der Waals surface area contributed by atoms with E-state index in [9.17, 15) is 4.79 Å². The van der Waals surface area contributed by atoms with Gasteiger partial charge in [0.1, 0.15) is 0 Å². The van der Waals surface area contributed by atoms with Crippen molar-refractivity contribution in [3.8, 4) is 0 Å². The van der Waals surface area contributed by atoms with Crippen LogP contribution in [0, 0.1) is 5.92 Å². The Bertz CT molecular complexity index is 137. The molecule has 0 aromatic heterocycles. The van der Waals surface area contributed by atoms with E-state index in [-0.39, 0.29) is 6.42 Å². The van der Waals surface area contributed by atoms with E-state index in [1.165, 1.54) is 0 Å². The van der Waals surface area contributed by atoms with Crippen molar-refractivity contribution in [2.24, 2.45) is 5.92 Å². The van der Waals surface area contributed by atoms with Crippen molar-refractivity contribution < 1.29 is 9.90 Å². The van der Waals surface area contributed by atoms with Crippen LogP contribution in [-0.4, -0.2) is 11.1 Å². The molecule has 1 atom stereocenters. The first-order valence-electron chi connectivity index (χ1n) is 2.59. The van der Waals surface area contributed by atoms with Crippen LogP contribution < -0.4 is 0 Å². The van der Waals surface area contributed by atoms with E-state index >= 15 is 0 Å². The van der Waals surface area contributed by atoms with Gasteiger partial charge in [-0.3, -0.25) is 4.79 Å². The van der Waals surface area contributed by atoms with Crippen molar-refractivity contribution in [2.45, 2.75) is 12.8 Å². The normalized spacial score (nSPS) is 25.5. The summed E-state index contributed by atoms with van der Waals surface area (Å²) in [4.78, 5) is 9.95. The molecule has 1 fully saturated rings. The molecule has 0 spiro atoms. The summed E-state index contributed by atoms with van der Waals surface area (Å²) in [5.41, 5.74) is 1.09. The number of carboxylic acids is 1. The number of hydrogen-bond acceptors (Lipinski definition) is 1. The fourth-order valence-electron chi connectivity index (χ4n) is 0.685.